The highest BCUT2D eigenvalue weighted by Gasteiger charge is 2.26. The maximum absolute atomic E-state index is 12.6. The summed E-state index contributed by atoms with van der Waals surface area (Å²) in [5.41, 5.74) is 2.64. The van der Waals surface area contributed by atoms with E-state index in [1.54, 1.807) is 20.9 Å². The average Bonchev–Trinajstić information content (AvgIpc) is 3.04. The zero-order valence-electron chi connectivity index (χ0n) is 13.7. The highest BCUT2D eigenvalue weighted by Crippen LogP contribution is 2.25. The Morgan fingerprint density at radius 2 is 1.83 bits per heavy atom. The minimum atomic E-state index is -3.86. The summed E-state index contributed by atoms with van der Waals surface area (Å²) in [4.78, 5) is 0.112. The Hall–Kier alpha value is -2.68. The van der Waals surface area contributed by atoms with Crippen molar-refractivity contribution in [1.82, 2.24) is 20.0 Å². The monoisotopic (exact) mass is 347 g/mol. The van der Waals surface area contributed by atoms with Crippen LogP contribution < -0.4 is 4.72 Å². The molecule has 126 valence electrons. The summed E-state index contributed by atoms with van der Waals surface area (Å²) in [5, 5.41) is 11.8. The van der Waals surface area contributed by atoms with E-state index in [0.717, 1.165) is 11.1 Å². The third-order valence-electron chi connectivity index (χ3n) is 3.73. The third kappa shape index (κ3) is 2.78. The molecule has 0 atom stereocenters. The quantitative estimate of drug-likeness (QED) is 0.776. The van der Waals surface area contributed by atoms with Crippen LogP contribution in [-0.4, -0.2) is 28.4 Å². The van der Waals surface area contributed by atoms with E-state index in [1.807, 2.05) is 31.2 Å². The second-order valence-electron chi connectivity index (χ2n) is 5.46. The molecule has 24 heavy (non-hydrogen) atoms. The van der Waals surface area contributed by atoms with E-state index in [1.165, 1.54) is 4.68 Å². The van der Waals surface area contributed by atoms with Crippen molar-refractivity contribution >= 4 is 16.0 Å². The first-order valence-corrected chi connectivity index (χ1v) is 8.70. The highest BCUT2D eigenvalue weighted by molar-refractivity contribution is 7.92. The number of rotatable bonds is 4. The number of sulfonamides is 1. The molecule has 0 aliphatic rings. The first kappa shape index (κ1) is 16.2. The SMILES string of the molecule is Cc1ccccc1-c1nnc(NS(=O)(=O)c2c(C)nn(C)c2C)o1. The molecule has 0 saturated carbocycles. The molecule has 0 fully saturated rings. The summed E-state index contributed by atoms with van der Waals surface area (Å²) in [5.74, 6) is 0.255. The summed E-state index contributed by atoms with van der Waals surface area (Å²) < 4.78 is 34.4. The fourth-order valence-corrected chi connectivity index (χ4v) is 3.86. The second kappa shape index (κ2) is 5.75. The van der Waals surface area contributed by atoms with Crippen LogP contribution in [0.15, 0.2) is 33.6 Å². The molecule has 9 heteroatoms. The van der Waals surface area contributed by atoms with Gasteiger partial charge in [0, 0.05) is 12.6 Å². The molecule has 3 rings (SSSR count). The molecule has 0 spiro atoms. The number of hydrogen-bond donors (Lipinski definition) is 1. The Bertz CT molecular complexity index is 1000. The van der Waals surface area contributed by atoms with Crippen LogP contribution in [-0.2, 0) is 17.1 Å². The molecule has 3 aromatic rings. The zero-order chi connectivity index (χ0) is 17.5. The first-order valence-electron chi connectivity index (χ1n) is 7.22. The van der Waals surface area contributed by atoms with Gasteiger partial charge in [-0.1, -0.05) is 23.3 Å². The number of aryl methyl sites for hydroxylation is 3. The van der Waals surface area contributed by atoms with Crippen LogP contribution in [0.1, 0.15) is 17.0 Å². The maximum Gasteiger partial charge on any atom is 0.330 e. The van der Waals surface area contributed by atoms with Crippen molar-refractivity contribution < 1.29 is 12.8 Å². The zero-order valence-corrected chi connectivity index (χ0v) is 14.5. The standard InChI is InChI=1S/C15H17N5O3S/c1-9-7-5-6-8-12(9)14-16-17-15(23-14)19-24(21,22)13-10(2)18-20(4)11(13)3/h5-8H,1-4H3,(H,17,19). The van der Waals surface area contributed by atoms with Crippen molar-refractivity contribution in [3.8, 4) is 11.5 Å². The van der Waals surface area contributed by atoms with E-state index in [2.05, 4.69) is 20.0 Å². The van der Waals surface area contributed by atoms with Crippen molar-refractivity contribution in [2.75, 3.05) is 4.72 Å². The summed E-state index contributed by atoms with van der Waals surface area (Å²) in [6, 6.07) is 7.30. The smallest absolute Gasteiger partial charge is 0.330 e. The van der Waals surface area contributed by atoms with Crippen LogP contribution >= 0.6 is 0 Å². The van der Waals surface area contributed by atoms with Gasteiger partial charge in [-0.25, -0.2) is 13.1 Å². The topological polar surface area (TPSA) is 103 Å². The van der Waals surface area contributed by atoms with Gasteiger partial charge >= 0.3 is 6.01 Å². The van der Waals surface area contributed by atoms with Crippen LogP contribution in [0.2, 0.25) is 0 Å². The molecule has 0 unspecified atom stereocenters. The number of aromatic nitrogens is 4. The van der Waals surface area contributed by atoms with Crippen molar-refractivity contribution in [2.45, 2.75) is 25.7 Å². The molecule has 0 aliphatic carbocycles. The van der Waals surface area contributed by atoms with Crippen molar-refractivity contribution in [3.05, 3.63) is 41.2 Å². The number of nitrogens with zero attached hydrogens (tertiary/aromatic N) is 4. The number of nitrogens with one attached hydrogen (secondary N) is 1. The molecule has 0 bridgehead atoms. The molecule has 1 N–H and O–H groups in total. The Morgan fingerprint density at radius 3 is 2.46 bits per heavy atom. The van der Waals surface area contributed by atoms with Crippen molar-refractivity contribution in [2.24, 2.45) is 7.05 Å². The molecule has 0 amide bonds. The Labute approximate surface area is 139 Å². The van der Waals surface area contributed by atoms with Crippen LogP contribution in [0.25, 0.3) is 11.5 Å². The minimum absolute atomic E-state index is 0.112. The van der Waals surface area contributed by atoms with Crippen LogP contribution in [0.4, 0.5) is 6.01 Å². The van der Waals surface area contributed by atoms with Crippen LogP contribution in [0.3, 0.4) is 0 Å². The summed E-state index contributed by atoms with van der Waals surface area (Å²) in [6.45, 7) is 5.22. The predicted octanol–water partition coefficient (Wildman–Crippen LogP) is 2.20. The molecule has 0 radical (unpaired) electrons. The molecule has 2 heterocycles. The lowest BCUT2D eigenvalue weighted by Gasteiger charge is -2.04. The normalized spacial score (nSPS) is 11.7. The van der Waals surface area contributed by atoms with E-state index < -0.39 is 10.0 Å². The fourth-order valence-electron chi connectivity index (χ4n) is 2.50. The van der Waals surface area contributed by atoms with Crippen molar-refractivity contribution in [1.29, 1.82) is 0 Å². The van der Waals surface area contributed by atoms with Crippen LogP contribution in [0.5, 0.6) is 0 Å². The molecular formula is C15H17N5O3S. The summed E-state index contributed by atoms with van der Waals surface area (Å²) in [7, 11) is -2.18. The molecule has 8 nitrogen and oxygen atoms in total. The van der Waals surface area contributed by atoms with Gasteiger partial charge in [-0.2, -0.15) is 5.10 Å². The van der Waals surface area contributed by atoms with Crippen molar-refractivity contribution in [3.63, 3.8) is 0 Å². The number of anilines is 1. The molecule has 2 aromatic heterocycles. The maximum atomic E-state index is 12.6. The van der Waals surface area contributed by atoms with E-state index >= 15 is 0 Å². The highest BCUT2D eigenvalue weighted by atomic mass is 32.2. The Balaban J connectivity index is 1.93. The van der Waals surface area contributed by atoms with Gasteiger partial charge in [0.1, 0.15) is 4.90 Å². The minimum Gasteiger partial charge on any atom is -0.403 e. The molecular weight excluding hydrogens is 330 g/mol. The van der Waals surface area contributed by atoms with Gasteiger partial charge in [0.25, 0.3) is 10.0 Å². The van der Waals surface area contributed by atoms with E-state index in [-0.39, 0.29) is 16.8 Å². The second-order valence-corrected chi connectivity index (χ2v) is 7.08. The van der Waals surface area contributed by atoms with Gasteiger partial charge in [-0.3, -0.25) is 4.68 Å². The number of hydrogen-bond acceptors (Lipinski definition) is 6. The van der Waals surface area contributed by atoms with Gasteiger partial charge < -0.3 is 4.42 Å². The summed E-state index contributed by atoms with van der Waals surface area (Å²) >= 11 is 0. The Kier molecular flexibility index (Phi) is 3.88. The lowest BCUT2D eigenvalue weighted by atomic mass is 10.1. The van der Waals surface area contributed by atoms with Gasteiger partial charge in [-0.05, 0) is 32.4 Å². The average molecular weight is 347 g/mol. The van der Waals surface area contributed by atoms with E-state index in [9.17, 15) is 8.42 Å². The number of benzene rings is 1. The molecule has 0 saturated heterocycles. The predicted molar refractivity (Wildman–Crippen MR) is 88.0 cm³/mol. The fraction of sp³-hybridized carbons (Fsp3) is 0.267. The lowest BCUT2D eigenvalue weighted by molar-refractivity contribution is 0.576. The first-order chi connectivity index (χ1) is 11.3. The largest absolute Gasteiger partial charge is 0.403 e. The molecule has 1 aromatic carbocycles. The van der Waals surface area contributed by atoms with E-state index in [4.69, 9.17) is 4.42 Å². The van der Waals surface area contributed by atoms with Gasteiger partial charge in [0.05, 0.1) is 11.4 Å². The Morgan fingerprint density at radius 1 is 1.12 bits per heavy atom. The van der Waals surface area contributed by atoms with Gasteiger partial charge in [-0.15, -0.1) is 5.10 Å². The van der Waals surface area contributed by atoms with Gasteiger partial charge in [0.15, 0.2) is 0 Å². The lowest BCUT2D eigenvalue weighted by Crippen LogP contribution is -2.15. The van der Waals surface area contributed by atoms with E-state index in [0.29, 0.717) is 11.4 Å². The van der Waals surface area contributed by atoms with Crippen LogP contribution in [0, 0.1) is 20.8 Å². The molecule has 0 aliphatic heterocycles. The third-order valence-corrected chi connectivity index (χ3v) is 5.31. The van der Waals surface area contributed by atoms with Gasteiger partial charge in [0.2, 0.25) is 5.89 Å². The summed E-state index contributed by atoms with van der Waals surface area (Å²) in [6.07, 6.45) is 0.